The second-order valence-electron chi connectivity index (χ2n) is 11.2. The molecule has 1 fully saturated rings. The van der Waals surface area contributed by atoms with E-state index in [1.807, 2.05) is 36.2 Å². The van der Waals surface area contributed by atoms with E-state index in [0.29, 0.717) is 42.4 Å². The minimum Gasteiger partial charge on any atom is -0.338 e. The van der Waals surface area contributed by atoms with E-state index in [2.05, 4.69) is 79.4 Å². The number of carbonyl (C=O) groups excluding carboxylic acids is 1. The first-order valence-electron chi connectivity index (χ1n) is 14.3. The van der Waals surface area contributed by atoms with E-state index in [-0.39, 0.29) is 11.9 Å². The number of nitrogens with zero attached hydrogens (tertiary/aromatic N) is 10. The lowest BCUT2D eigenvalue weighted by atomic mass is 10.0. The molecule has 220 valence electrons. The zero-order chi connectivity index (χ0) is 29.9. The maximum Gasteiger partial charge on any atom is 0.246 e. The summed E-state index contributed by atoms with van der Waals surface area (Å²) >= 11 is 0. The molecule has 1 unspecified atom stereocenters. The number of amides is 1. The molecule has 12 nitrogen and oxygen atoms in total. The Hall–Kier alpha value is -4.97. The number of anilines is 3. The average molecular weight is 578 g/mol. The number of nitrogens with one attached hydrogen (secondary N) is 1. The molecule has 1 amide bonds. The predicted octanol–water partition coefficient (Wildman–Crippen LogP) is 3.26. The minimum atomic E-state index is 0.0222. The molecule has 1 aromatic carbocycles. The zero-order valence-corrected chi connectivity index (χ0v) is 24.8. The monoisotopic (exact) mass is 577 g/mol. The van der Waals surface area contributed by atoms with Gasteiger partial charge in [-0.1, -0.05) is 12.1 Å². The maximum absolute atomic E-state index is 12.7. The lowest BCUT2D eigenvalue weighted by molar-refractivity contribution is -0.128. The summed E-state index contributed by atoms with van der Waals surface area (Å²) in [5.74, 6) is 1.25. The van der Waals surface area contributed by atoms with Crippen LogP contribution in [0.15, 0.2) is 67.5 Å². The first-order chi connectivity index (χ1) is 20.8. The first-order valence-corrected chi connectivity index (χ1v) is 14.3. The summed E-state index contributed by atoms with van der Waals surface area (Å²) in [5.41, 5.74) is 6.63. The fourth-order valence-corrected chi connectivity index (χ4v) is 5.31. The predicted molar refractivity (Wildman–Crippen MR) is 166 cm³/mol. The van der Waals surface area contributed by atoms with Gasteiger partial charge in [-0.25, -0.2) is 29.4 Å². The topological polar surface area (TPSA) is 121 Å². The van der Waals surface area contributed by atoms with Gasteiger partial charge in [-0.2, -0.15) is 5.10 Å². The van der Waals surface area contributed by atoms with Gasteiger partial charge in [0.2, 0.25) is 11.9 Å². The Kier molecular flexibility index (Phi) is 7.93. The normalized spacial score (nSPS) is 15.7. The standard InChI is InChI=1S/C31H35N11O/c1-21-14-25(8-7-24(21)15-23-9-11-42-27(16-23)34-20-36-42)37-30-29-26(33-19-35-30)17-32-31(38-29)40-12-13-41(22(2)18-40)28(43)6-5-10-39(3)4/h5-9,11,14,16-17,19-20,22H,10,12-13,15,18H2,1-4H3,(H,33,35,37)/b6-5+. The van der Waals surface area contributed by atoms with E-state index in [1.165, 1.54) is 17.5 Å². The molecule has 0 aliphatic carbocycles. The second-order valence-corrected chi connectivity index (χ2v) is 11.2. The summed E-state index contributed by atoms with van der Waals surface area (Å²) in [7, 11) is 3.96. The summed E-state index contributed by atoms with van der Waals surface area (Å²) in [6.07, 6.45) is 11.1. The molecule has 43 heavy (non-hydrogen) atoms. The number of carbonyl (C=O) groups is 1. The lowest BCUT2D eigenvalue weighted by Gasteiger charge is -2.39. The molecule has 0 bridgehead atoms. The van der Waals surface area contributed by atoms with Gasteiger partial charge in [-0.15, -0.1) is 0 Å². The van der Waals surface area contributed by atoms with E-state index in [0.717, 1.165) is 29.9 Å². The highest BCUT2D eigenvalue weighted by atomic mass is 16.2. The molecule has 1 atom stereocenters. The SMILES string of the molecule is Cc1cc(Nc2ncnc3cnc(N4CCN(C(=O)/C=C/CN(C)C)C(C)C4)nc23)ccc1Cc1ccn2ncnc2c1. The summed E-state index contributed by atoms with van der Waals surface area (Å²) in [4.78, 5) is 41.4. The van der Waals surface area contributed by atoms with Crippen LogP contribution in [0.2, 0.25) is 0 Å². The molecular weight excluding hydrogens is 542 g/mol. The fraction of sp³-hybridized carbons (Fsp3) is 0.323. The molecule has 5 aromatic rings. The van der Waals surface area contributed by atoms with Crippen molar-refractivity contribution in [2.24, 2.45) is 0 Å². The van der Waals surface area contributed by atoms with Crippen LogP contribution < -0.4 is 10.2 Å². The van der Waals surface area contributed by atoms with Crippen molar-refractivity contribution in [1.29, 1.82) is 0 Å². The number of pyridine rings is 1. The number of aromatic nitrogens is 7. The van der Waals surface area contributed by atoms with E-state index >= 15 is 0 Å². The summed E-state index contributed by atoms with van der Waals surface area (Å²) in [5, 5.41) is 7.62. The second kappa shape index (κ2) is 12.1. The zero-order valence-electron chi connectivity index (χ0n) is 24.8. The summed E-state index contributed by atoms with van der Waals surface area (Å²) in [6.45, 7) is 6.78. The summed E-state index contributed by atoms with van der Waals surface area (Å²) < 4.78 is 1.76. The minimum absolute atomic E-state index is 0.0222. The lowest BCUT2D eigenvalue weighted by Crippen LogP contribution is -2.54. The molecule has 4 aromatic heterocycles. The van der Waals surface area contributed by atoms with Gasteiger partial charge in [0.25, 0.3) is 0 Å². The molecule has 1 N–H and O–H groups in total. The Balaban J connectivity index is 1.16. The van der Waals surface area contributed by atoms with Gasteiger partial charge in [0, 0.05) is 50.2 Å². The average Bonchev–Trinajstić information content (AvgIpc) is 3.46. The van der Waals surface area contributed by atoms with Gasteiger partial charge in [-0.05, 0) is 75.3 Å². The third-order valence-electron chi connectivity index (χ3n) is 7.63. The van der Waals surface area contributed by atoms with Crippen molar-refractivity contribution in [2.45, 2.75) is 26.3 Å². The van der Waals surface area contributed by atoms with Crippen molar-refractivity contribution >= 4 is 40.0 Å². The maximum atomic E-state index is 12.7. The first kappa shape index (κ1) is 28.2. The highest BCUT2D eigenvalue weighted by molar-refractivity contribution is 5.88. The number of rotatable bonds is 8. The van der Waals surface area contributed by atoms with Crippen LogP contribution >= 0.6 is 0 Å². The molecule has 0 radical (unpaired) electrons. The van der Waals surface area contributed by atoms with E-state index in [1.54, 1.807) is 23.1 Å². The van der Waals surface area contributed by atoms with Crippen molar-refractivity contribution in [3.8, 4) is 0 Å². The molecular formula is C31H35N11O. The number of hydrogen-bond donors (Lipinski definition) is 1. The Labute approximate surface area is 250 Å². The molecule has 1 aliphatic rings. The van der Waals surface area contributed by atoms with E-state index in [4.69, 9.17) is 4.98 Å². The third kappa shape index (κ3) is 6.28. The Morgan fingerprint density at radius 1 is 1.09 bits per heavy atom. The van der Waals surface area contributed by atoms with Crippen molar-refractivity contribution in [3.63, 3.8) is 0 Å². The Morgan fingerprint density at radius 3 is 2.79 bits per heavy atom. The molecule has 6 rings (SSSR count). The number of fused-ring (bicyclic) bond motifs is 2. The smallest absolute Gasteiger partial charge is 0.246 e. The number of benzene rings is 1. The van der Waals surface area contributed by atoms with Gasteiger partial charge in [0.15, 0.2) is 11.5 Å². The van der Waals surface area contributed by atoms with Crippen LogP contribution in [0, 0.1) is 6.92 Å². The van der Waals surface area contributed by atoms with Gasteiger partial charge >= 0.3 is 0 Å². The molecule has 0 saturated carbocycles. The molecule has 12 heteroatoms. The van der Waals surface area contributed by atoms with Crippen LogP contribution in [0.5, 0.6) is 0 Å². The highest BCUT2D eigenvalue weighted by Crippen LogP contribution is 2.26. The third-order valence-corrected chi connectivity index (χ3v) is 7.63. The Morgan fingerprint density at radius 2 is 1.98 bits per heavy atom. The van der Waals surface area contributed by atoms with Crippen LogP contribution in [-0.2, 0) is 11.2 Å². The number of likely N-dealkylation sites (N-methyl/N-ethyl adjacent to an activating group) is 1. The number of piperazine rings is 1. The highest BCUT2D eigenvalue weighted by Gasteiger charge is 2.28. The van der Waals surface area contributed by atoms with Gasteiger partial charge < -0.3 is 20.0 Å². The van der Waals surface area contributed by atoms with E-state index in [9.17, 15) is 4.79 Å². The molecule has 1 aliphatic heterocycles. The van der Waals surface area contributed by atoms with Crippen LogP contribution in [0.3, 0.4) is 0 Å². The molecule has 1 saturated heterocycles. The van der Waals surface area contributed by atoms with Crippen LogP contribution in [0.1, 0.15) is 23.6 Å². The van der Waals surface area contributed by atoms with Crippen LogP contribution in [0.25, 0.3) is 16.7 Å². The molecule has 5 heterocycles. The van der Waals surface area contributed by atoms with Crippen molar-refractivity contribution < 1.29 is 4.79 Å². The van der Waals surface area contributed by atoms with Gasteiger partial charge in [-0.3, -0.25) is 4.79 Å². The Bertz CT molecular complexity index is 1800. The molecule has 0 spiro atoms. The van der Waals surface area contributed by atoms with Gasteiger partial charge in [0.1, 0.15) is 23.7 Å². The van der Waals surface area contributed by atoms with Gasteiger partial charge in [0.05, 0.1) is 6.20 Å². The van der Waals surface area contributed by atoms with Crippen molar-refractivity contribution in [2.75, 3.05) is 50.5 Å². The summed E-state index contributed by atoms with van der Waals surface area (Å²) in [6, 6.07) is 10.5. The number of aryl methyl sites for hydroxylation is 1. The fourth-order valence-electron chi connectivity index (χ4n) is 5.31. The quantitative estimate of drug-likeness (QED) is 0.275. The van der Waals surface area contributed by atoms with E-state index < -0.39 is 0 Å². The van der Waals surface area contributed by atoms with Crippen molar-refractivity contribution in [3.05, 3.63) is 84.2 Å². The van der Waals surface area contributed by atoms with Crippen molar-refractivity contribution in [1.82, 2.24) is 44.3 Å². The largest absolute Gasteiger partial charge is 0.338 e. The van der Waals surface area contributed by atoms with Crippen LogP contribution in [0.4, 0.5) is 17.5 Å². The van der Waals surface area contributed by atoms with Crippen LogP contribution in [-0.4, -0.2) is 96.6 Å². The number of hydrogen-bond acceptors (Lipinski definition) is 10.